The highest BCUT2D eigenvalue weighted by molar-refractivity contribution is 7.89. The molecule has 0 radical (unpaired) electrons. The van der Waals surface area contributed by atoms with Gasteiger partial charge in [-0.3, -0.25) is 0 Å². The Hall–Kier alpha value is -0.620. The van der Waals surface area contributed by atoms with E-state index in [2.05, 4.69) is 0 Å². The first-order valence-corrected chi connectivity index (χ1v) is 8.16. The van der Waals surface area contributed by atoms with E-state index in [0.717, 1.165) is 12.8 Å². The van der Waals surface area contributed by atoms with Crippen LogP contribution in [0.4, 0.5) is 0 Å². The second-order valence-corrected chi connectivity index (χ2v) is 7.33. The van der Waals surface area contributed by atoms with Gasteiger partial charge in [0.05, 0.1) is 17.0 Å². The molecule has 0 aliphatic heterocycles. The second-order valence-electron chi connectivity index (χ2n) is 4.89. The third-order valence-electron chi connectivity index (χ3n) is 3.65. The highest BCUT2D eigenvalue weighted by Crippen LogP contribution is 2.27. The highest BCUT2D eigenvalue weighted by Gasteiger charge is 2.34. The van der Waals surface area contributed by atoms with Gasteiger partial charge < -0.3 is 5.11 Å². The number of hydrogen-bond acceptors (Lipinski definition) is 3. The van der Waals surface area contributed by atoms with Crippen LogP contribution in [0.3, 0.4) is 0 Å². The lowest BCUT2D eigenvalue weighted by Gasteiger charge is -2.34. The zero-order valence-electron chi connectivity index (χ0n) is 10.8. The number of nitrogens with zero attached hydrogens (tertiary/aromatic N) is 1. The van der Waals surface area contributed by atoms with Gasteiger partial charge in [-0.2, -0.15) is 4.31 Å². The molecule has 1 aromatic carbocycles. The minimum Gasteiger partial charge on any atom is -0.391 e. The van der Waals surface area contributed by atoms with E-state index in [1.807, 2.05) is 0 Å². The third-order valence-corrected chi connectivity index (χ3v) is 5.80. The predicted octanol–water partition coefficient (Wildman–Crippen LogP) is 2.26. The van der Waals surface area contributed by atoms with Crippen LogP contribution in [0.1, 0.15) is 25.7 Å². The SMILES string of the molecule is CN([C@@H]1CCCC[C@@H]1O)S(=O)(=O)c1ccc(Cl)cc1. The van der Waals surface area contributed by atoms with Gasteiger partial charge in [-0.15, -0.1) is 0 Å². The largest absolute Gasteiger partial charge is 0.391 e. The maximum absolute atomic E-state index is 12.5. The van der Waals surface area contributed by atoms with Crippen LogP contribution in [0.5, 0.6) is 0 Å². The summed E-state index contributed by atoms with van der Waals surface area (Å²) < 4.78 is 26.2. The fraction of sp³-hybridized carbons (Fsp3) is 0.538. The molecule has 1 aliphatic rings. The molecule has 0 spiro atoms. The van der Waals surface area contributed by atoms with Gasteiger partial charge in [-0.25, -0.2) is 8.42 Å². The standard InChI is InChI=1S/C13H18ClNO3S/c1-15(12-4-2-3-5-13(12)16)19(17,18)11-8-6-10(14)7-9-11/h6-9,12-13,16H,2-5H2,1H3/t12-,13+/m1/s1. The molecule has 2 atom stereocenters. The van der Waals surface area contributed by atoms with Crippen molar-refractivity contribution in [3.63, 3.8) is 0 Å². The van der Waals surface area contributed by atoms with Crippen molar-refractivity contribution >= 4 is 21.6 Å². The van der Waals surface area contributed by atoms with Gasteiger partial charge in [0.1, 0.15) is 0 Å². The lowest BCUT2D eigenvalue weighted by molar-refractivity contribution is 0.0638. The number of rotatable bonds is 3. The molecule has 6 heteroatoms. The zero-order valence-corrected chi connectivity index (χ0v) is 12.4. The number of aliphatic hydroxyl groups excluding tert-OH is 1. The number of aliphatic hydroxyl groups is 1. The molecule has 19 heavy (non-hydrogen) atoms. The molecule has 1 N–H and O–H groups in total. The molecule has 0 saturated heterocycles. The molecule has 0 unspecified atom stereocenters. The monoisotopic (exact) mass is 303 g/mol. The van der Waals surface area contributed by atoms with Crippen molar-refractivity contribution in [2.24, 2.45) is 0 Å². The van der Waals surface area contributed by atoms with Crippen LogP contribution in [-0.2, 0) is 10.0 Å². The first kappa shape index (κ1) is 14.8. The molecule has 0 aromatic heterocycles. The highest BCUT2D eigenvalue weighted by atomic mass is 35.5. The maximum Gasteiger partial charge on any atom is 0.243 e. The van der Waals surface area contributed by atoms with E-state index in [9.17, 15) is 13.5 Å². The van der Waals surface area contributed by atoms with E-state index in [1.165, 1.54) is 23.5 Å². The lowest BCUT2D eigenvalue weighted by Crippen LogP contribution is -2.46. The van der Waals surface area contributed by atoms with Crippen LogP contribution in [0.15, 0.2) is 29.2 Å². The van der Waals surface area contributed by atoms with Crippen molar-refractivity contribution in [3.8, 4) is 0 Å². The summed E-state index contributed by atoms with van der Waals surface area (Å²) in [4.78, 5) is 0.206. The Kier molecular flexibility index (Phi) is 4.50. The van der Waals surface area contributed by atoms with Gasteiger partial charge >= 0.3 is 0 Å². The van der Waals surface area contributed by atoms with Crippen molar-refractivity contribution in [2.75, 3.05) is 7.05 Å². The topological polar surface area (TPSA) is 57.6 Å². The summed E-state index contributed by atoms with van der Waals surface area (Å²) >= 11 is 5.76. The van der Waals surface area contributed by atoms with Crippen molar-refractivity contribution < 1.29 is 13.5 Å². The number of hydrogen-bond donors (Lipinski definition) is 1. The van der Waals surface area contributed by atoms with Crippen LogP contribution >= 0.6 is 11.6 Å². The van der Waals surface area contributed by atoms with Crippen molar-refractivity contribution in [2.45, 2.75) is 42.7 Å². The summed E-state index contributed by atoms with van der Waals surface area (Å²) in [5.41, 5.74) is 0. The maximum atomic E-state index is 12.5. The normalized spacial score (nSPS) is 24.6. The summed E-state index contributed by atoms with van der Waals surface area (Å²) in [6.07, 6.45) is 2.67. The van der Waals surface area contributed by atoms with Gasteiger partial charge in [0.25, 0.3) is 0 Å². The molecule has 1 fully saturated rings. The molecule has 0 bridgehead atoms. The van der Waals surface area contributed by atoms with Gasteiger partial charge in [0, 0.05) is 12.1 Å². The van der Waals surface area contributed by atoms with E-state index in [1.54, 1.807) is 12.1 Å². The average molecular weight is 304 g/mol. The average Bonchev–Trinajstić information content (AvgIpc) is 2.39. The predicted molar refractivity (Wildman–Crippen MR) is 74.7 cm³/mol. The Bertz CT molecular complexity index is 529. The smallest absolute Gasteiger partial charge is 0.243 e. The van der Waals surface area contributed by atoms with Crippen LogP contribution < -0.4 is 0 Å². The van der Waals surface area contributed by atoms with Crippen LogP contribution in [0, 0.1) is 0 Å². The van der Waals surface area contributed by atoms with E-state index in [0.29, 0.717) is 17.9 Å². The van der Waals surface area contributed by atoms with E-state index in [4.69, 9.17) is 11.6 Å². The minimum absolute atomic E-state index is 0.206. The fourth-order valence-corrected chi connectivity index (χ4v) is 4.01. The Labute approximate surface area is 119 Å². The molecule has 4 nitrogen and oxygen atoms in total. The number of benzene rings is 1. The number of halogens is 1. The summed E-state index contributed by atoms with van der Waals surface area (Å²) in [6.45, 7) is 0. The minimum atomic E-state index is -3.57. The molecular weight excluding hydrogens is 286 g/mol. The fourth-order valence-electron chi connectivity index (χ4n) is 2.47. The summed E-state index contributed by atoms with van der Waals surface area (Å²) in [7, 11) is -2.04. The van der Waals surface area contributed by atoms with Crippen LogP contribution in [0.2, 0.25) is 5.02 Å². The Morgan fingerprint density at radius 2 is 1.79 bits per heavy atom. The quantitative estimate of drug-likeness (QED) is 0.932. The van der Waals surface area contributed by atoms with Gasteiger partial charge in [0.15, 0.2) is 0 Å². The molecule has 1 aromatic rings. The first-order chi connectivity index (χ1) is 8.93. The van der Waals surface area contributed by atoms with Crippen LogP contribution in [-0.4, -0.2) is 37.0 Å². The molecule has 1 aliphatic carbocycles. The Morgan fingerprint density at radius 1 is 1.21 bits per heavy atom. The molecule has 0 heterocycles. The zero-order chi connectivity index (χ0) is 14.0. The van der Waals surface area contributed by atoms with E-state index in [-0.39, 0.29) is 10.9 Å². The third kappa shape index (κ3) is 3.11. The number of likely N-dealkylation sites (N-methyl/N-ethyl adjacent to an activating group) is 1. The molecule has 106 valence electrons. The first-order valence-electron chi connectivity index (χ1n) is 6.34. The second kappa shape index (κ2) is 5.79. The Balaban J connectivity index is 2.25. The summed E-state index contributed by atoms with van der Waals surface area (Å²) in [5.74, 6) is 0. The van der Waals surface area contributed by atoms with E-state index >= 15 is 0 Å². The number of sulfonamides is 1. The Morgan fingerprint density at radius 3 is 2.37 bits per heavy atom. The molecule has 2 rings (SSSR count). The van der Waals surface area contributed by atoms with Gasteiger partial charge in [-0.05, 0) is 37.1 Å². The van der Waals surface area contributed by atoms with Crippen molar-refractivity contribution in [1.29, 1.82) is 0 Å². The summed E-state index contributed by atoms with van der Waals surface area (Å²) in [6, 6.07) is 5.75. The van der Waals surface area contributed by atoms with Crippen molar-refractivity contribution in [1.82, 2.24) is 4.31 Å². The van der Waals surface area contributed by atoms with Crippen molar-refractivity contribution in [3.05, 3.63) is 29.3 Å². The van der Waals surface area contributed by atoms with Gasteiger partial charge in [0.2, 0.25) is 10.0 Å². The van der Waals surface area contributed by atoms with E-state index < -0.39 is 16.1 Å². The van der Waals surface area contributed by atoms with Crippen LogP contribution in [0.25, 0.3) is 0 Å². The molecule has 1 saturated carbocycles. The summed E-state index contributed by atoms with van der Waals surface area (Å²) in [5, 5.41) is 10.5. The molecule has 0 amide bonds. The lowest BCUT2D eigenvalue weighted by atomic mass is 9.93. The van der Waals surface area contributed by atoms with Gasteiger partial charge in [-0.1, -0.05) is 24.4 Å². The molecular formula is C13H18ClNO3S.